The van der Waals surface area contributed by atoms with E-state index >= 15 is 0 Å². The van der Waals surface area contributed by atoms with Gasteiger partial charge >= 0.3 is 6.61 Å². The zero-order valence-electron chi connectivity index (χ0n) is 13.8. The van der Waals surface area contributed by atoms with Crippen LogP contribution < -0.4 is 15.4 Å². The van der Waals surface area contributed by atoms with E-state index < -0.39 is 6.61 Å². The lowest BCUT2D eigenvalue weighted by molar-refractivity contribution is -0.114. The molecule has 0 heterocycles. The summed E-state index contributed by atoms with van der Waals surface area (Å²) in [6.07, 6.45) is 0. The van der Waals surface area contributed by atoms with E-state index in [4.69, 9.17) is 0 Å². The fraction of sp³-hybridized carbons (Fsp3) is 0.222. The van der Waals surface area contributed by atoms with E-state index in [1.54, 1.807) is 25.1 Å². The predicted octanol–water partition coefficient (Wildman–Crippen LogP) is 3.74. The van der Waals surface area contributed by atoms with E-state index in [-0.39, 0.29) is 23.6 Å². The van der Waals surface area contributed by atoms with Crippen LogP contribution in [0.3, 0.4) is 0 Å². The molecule has 5 nitrogen and oxygen atoms in total. The van der Waals surface area contributed by atoms with Crippen molar-refractivity contribution in [2.75, 3.05) is 5.32 Å². The fourth-order valence-electron chi connectivity index (χ4n) is 2.24. The number of carbonyl (C=O) groups excluding carboxylic acids is 2. The highest BCUT2D eigenvalue weighted by Crippen LogP contribution is 2.19. The molecular weight excluding hydrogens is 330 g/mol. The van der Waals surface area contributed by atoms with Crippen molar-refractivity contribution in [2.24, 2.45) is 0 Å². The number of hydrogen-bond donors (Lipinski definition) is 2. The smallest absolute Gasteiger partial charge is 0.387 e. The Morgan fingerprint density at radius 3 is 2.36 bits per heavy atom. The van der Waals surface area contributed by atoms with Gasteiger partial charge in [0, 0.05) is 18.2 Å². The molecule has 0 bridgehead atoms. The normalized spacial score (nSPS) is 11.7. The van der Waals surface area contributed by atoms with Crippen molar-refractivity contribution >= 4 is 17.5 Å². The van der Waals surface area contributed by atoms with Crippen LogP contribution in [0.25, 0.3) is 0 Å². The van der Waals surface area contributed by atoms with E-state index in [0.717, 1.165) is 5.56 Å². The lowest BCUT2D eigenvalue weighted by Gasteiger charge is -2.16. The van der Waals surface area contributed by atoms with Crippen molar-refractivity contribution in [1.82, 2.24) is 5.32 Å². The summed E-state index contributed by atoms with van der Waals surface area (Å²) >= 11 is 0. The summed E-state index contributed by atoms with van der Waals surface area (Å²) in [6, 6.07) is 12.3. The largest absolute Gasteiger partial charge is 0.435 e. The Labute approximate surface area is 144 Å². The van der Waals surface area contributed by atoms with Crippen molar-refractivity contribution in [3.63, 3.8) is 0 Å². The van der Waals surface area contributed by atoms with Crippen LogP contribution in [0.1, 0.15) is 35.8 Å². The maximum absolute atomic E-state index is 12.3. The van der Waals surface area contributed by atoms with E-state index in [2.05, 4.69) is 15.4 Å². The van der Waals surface area contributed by atoms with E-state index in [0.29, 0.717) is 11.3 Å². The van der Waals surface area contributed by atoms with Crippen LogP contribution in [-0.2, 0) is 4.79 Å². The SMILES string of the molecule is CC(=O)Nc1cccc(C(C)NC(=O)c2ccc(OC(F)F)cc2)c1. The fourth-order valence-corrected chi connectivity index (χ4v) is 2.24. The maximum atomic E-state index is 12.3. The van der Waals surface area contributed by atoms with Gasteiger partial charge in [-0.2, -0.15) is 8.78 Å². The molecule has 1 unspecified atom stereocenters. The molecule has 0 saturated carbocycles. The molecule has 7 heteroatoms. The molecule has 2 amide bonds. The number of alkyl halides is 2. The minimum Gasteiger partial charge on any atom is -0.435 e. The summed E-state index contributed by atoms with van der Waals surface area (Å²) in [5, 5.41) is 5.49. The number of ether oxygens (including phenoxy) is 1. The number of amides is 2. The van der Waals surface area contributed by atoms with E-state index in [9.17, 15) is 18.4 Å². The van der Waals surface area contributed by atoms with Crippen molar-refractivity contribution < 1.29 is 23.1 Å². The van der Waals surface area contributed by atoms with Gasteiger partial charge in [-0.15, -0.1) is 0 Å². The molecule has 2 aromatic carbocycles. The van der Waals surface area contributed by atoms with Crippen LogP contribution in [0.4, 0.5) is 14.5 Å². The lowest BCUT2D eigenvalue weighted by Crippen LogP contribution is -2.26. The van der Waals surface area contributed by atoms with Gasteiger partial charge in [-0.3, -0.25) is 9.59 Å². The summed E-state index contributed by atoms with van der Waals surface area (Å²) < 4.78 is 28.5. The van der Waals surface area contributed by atoms with Gasteiger partial charge in [-0.05, 0) is 48.9 Å². The molecule has 0 aliphatic carbocycles. The van der Waals surface area contributed by atoms with Crippen LogP contribution in [-0.4, -0.2) is 18.4 Å². The molecule has 132 valence electrons. The zero-order valence-corrected chi connectivity index (χ0v) is 13.8. The average molecular weight is 348 g/mol. The van der Waals surface area contributed by atoms with Crippen LogP contribution >= 0.6 is 0 Å². The number of hydrogen-bond acceptors (Lipinski definition) is 3. The molecule has 25 heavy (non-hydrogen) atoms. The Morgan fingerprint density at radius 2 is 1.76 bits per heavy atom. The van der Waals surface area contributed by atoms with Crippen LogP contribution in [0.2, 0.25) is 0 Å². The quantitative estimate of drug-likeness (QED) is 0.836. The molecule has 2 N–H and O–H groups in total. The molecule has 0 saturated heterocycles. The second-order valence-electron chi connectivity index (χ2n) is 5.40. The molecule has 2 rings (SSSR count). The molecule has 1 atom stereocenters. The lowest BCUT2D eigenvalue weighted by atomic mass is 10.1. The van der Waals surface area contributed by atoms with Gasteiger partial charge in [0.15, 0.2) is 0 Å². The first-order valence-electron chi connectivity index (χ1n) is 7.58. The second-order valence-corrected chi connectivity index (χ2v) is 5.40. The number of carbonyl (C=O) groups is 2. The highest BCUT2D eigenvalue weighted by Gasteiger charge is 2.13. The Hall–Kier alpha value is -2.96. The molecule has 0 spiro atoms. The van der Waals surface area contributed by atoms with Crippen molar-refractivity contribution in [1.29, 1.82) is 0 Å². The average Bonchev–Trinajstić information content (AvgIpc) is 2.54. The molecule has 0 aliphatic heterocycles. The molecule has 0 radical (unpaired) electrons. The van der Waals surface area contributed by atoms with Crippen molar-refractivity contribution in [2.45, 2.75) is 26.5 Å². The van der Waals surface area contributed by atoms with Crippen LogP contribution in [0, 0.1) is 0 Å². The minimum atomic E-state index is -2.91. The third-order valence-corrected chi connectivity index (χ3v) is 3.40. The highest BCUT2D eigenvalue weighted by molar-refractivity contribution is 5.94. The first-order valence-corrected chi connectivity index (χ1v) is 7.58. The number of halogens is 2. The van der Waals surface area contributed by atoms with Gasteiger partial charge in [0.2, 0.25) is 5.91 Å². The summed E-state index contributed by atoms with van der Waals surface area (Å²) in [4.78, 5) is 23.4. The molecule has 0 fully saturated rings. The first-order chi connectivity index (χ1) is 11.8. The standard InChI is InChI=1S/C18H18F2N2O3/c1-11(14-4-3-5-15(10-14)22-12(2)23)21-17(24)13-6-8-16(9-7-13)25-18(19)20/h3-11,18H,1-2H3,(H,21,24)(H,22,23). The molecule has 0 aliphatic rings. The summed E-state index contributed by atoms with van der Waals surface area (Å²) in [7, 11) is 0. The van der Waals surface area contributed by atoms with Gasteiger partial charge < -0.3 is 15.4 Å². The number of benzene rings is 2. The maximum Gasteiger partial charge on any atom is 0.387 e. The van der Waals surface area contributed by atoms with Gasteiger partial charge in [-0.25, -0.2) is 0 Å². The Morgan fingerprint density at radius 1 is 1.08 bits per heavy atom. The van der Waals surface area contributed by atoms with Gasteiger partial charge in [0.1, 0.15) is 5.75 Å². The number of rotatable bonds is 6. The van der Waals surface area contributed by atoms with Crippen molar-refractivity contribution in [3.05, 3.63) is 59.7 Å². The number of anilines is 1. The summed E-state index contributed by atoms with van der Waals surface area (Å²) in [5.74, 6) is -0.538. The highest BCUT2D eigenvalue weighted by atomic mass is 19.3. The molecule has 0 aromatic heterocycles. The van der Waals surface area contributed by atoms with Crippen LogP contribution in [0.15, 0.2) is 48.5 Å². The summed E-state index contributed by atoms with van der Waals surface area (Å²) in [5.41, 5.74) is 1.78. The van der Waals surface area contributed by atoms with Gasteiger partial charge in [-0.1, -0.05) is 12.1 Å². The Balaban J connectivity index is 2.03. The van der Waals surface area contributed by atoms with E-state index in [1.165, 1.54) is 31.2 Å². The predicted molar refractivity (Wildman–Crippen MR) is 89.7 cm³/mol. The van der Waals surface area contributed by atoms with Gasteiger partial charge in [0.05, 0.1) is 6.04 Å². The molecular formula is C18H18F2N2O3. The van der Waals surface area contributed by atoms with Crippen LogP contribution in [0.5, 0.6) is 5.75 Å². The van der Waals surface area contributed by atoms with Crippen molar-refractivity contribution in [3.8, 4) is 5.75 Å². The topological polar surface area (TPSA) is 67.4 Å². The minimum absolute atomic E-state index is 0.0115. The third-order valence-electron chi connectivity index (χ3n) is 3.40. The monoisotopic (exact) mass is 348 g/mol. The Kier molecular flexibility index (Phi) is 6.05. The summed E-state index contributed by atoms with van der Waals surface area (Å²) in [6.45, 7) is 0.314. The molecule has 2 aromatic rings. The zero-order chi connectivity index (χ0) is 18.4. The number of nitrogens with one attached hydrogen (secondary N) is 2. The Bertz CT molecular complexity index is 748. The second kappa shape index (κ2) is 8.23. The van der Waals surface area contributed by atoms with Gasteiger partial charge in [0.25, 0.3) is 5.91 Å². The third kappa shape index (κ3) is 5.56. The first kappa shape index (κ1) is 18.4. The van der Waals surface area contributed by atoms with E-state index in [1.807, 2.05) is 6.07 Å².